The van der Waals surface area contributed by atoms with Gasteiger partial charge in [-0.1, -0.05) is 42.5 Å². The topological polar surface area (TPSA) is 0 Å². The van der Waals surface area contributed by atoms with Gasteiger partial charge < -0.3 is 0 Å². The Labute approximate surface area is 104 Å². The van der Waals surface area contributed by atoms with Crippen LogP contribution in [0.3, 0.4) is 0 Å². The molecule has 0 nitrogen and oxygen atoms in total. The quantitative estimate of drug-likeness (QED) is 0.725. The lowest BCUT2D eigenvalue weighted by molar-refractivity contribution is 0.945. The second-order valence-electron chi connectivity index (χ2n) is 4.85. The molecular weight excluding hydrogens is 204 g/mol. The van der Waals surface area contributed by atoms with E-state index in [0.29, 0.717) is 0 Å². The molecule has 0 unspecified atom stereocenters. The fourth-order valence-corrected chi connectivity index (χ4v) is 2.21. The van der Waals surface area contributed by atoms with Crippen molar-refractivity contribution in [1.82, 2.24) is 0 Å². The molecule has 0 aliphatic heterocycles. The van der Waals surface area contributed by atoms with Crippen LogP contribution >= 0.6 is 0 Å². The van der Waals surface area contributed by atoms with Gasteiger partial charge in [-0.15, -0.1) is 0 Å². The summed E-state index contributed by atoms with van der Waals surface area (Å²) in [4.78, 5) is 0. The molecule has 0 spiro atoms. The molecule has 0 saturated heterocycles. The summed E-state index contributed by atoms with van der Waals surface area (Å²) in [5.41, 5.74) is 7.12. The molecule has 2 aromatic carbocycles. The minimum Gasteiger partial charge on any atom is -0.0622 e. The van der Waals surface area contributed by atoms with E-state index in [1.165, 1.54) is 27.8 Å². The molecular formula is C17H20. The van der Waals surface area contributed by atoms with Crippen molar-refractivity contribution >= 4 is 0 Å². The lowest BCUT2D eigenvalue weighted by atomic mass is 9.96. The molecule has 0 atom stereocenters. The summed E-state index contributed by atoms with van der Waals surface area (Å²) in [6.07, 6.45) is 2.27. The van der Waals surface area contributed by atoms with E-state index in [4.69, 9.17) is 0 Å². The highest BCUT2D eigenvalue weighted by Gasteiger charge is 2.02. The predicted octanol–water partition coefficient (Wildman–Crippen LogP) is 4.40. The smallest absolute Gasteiger partial charge is 0.0236 e. The van der Waals surface area contributed by atoms with Crippen LogP contribution in [-0.4, -0.2) is 0 Å². The third-order valence-corrected chi connectivity index (χ3v) is 3.48. The highest BCUT2D eigenvalue weighted by atomic mass is 14.1. The summed E-state index contributed by atoms with van der Waals surface area (Å²) in [5.74, 6) is 0. The van der Waals surface area contributed by atoms with Crippen LogP contribution in [0.1, 0.15) is 27.8 Å². The van der Waals surface area contributed by atoms with Crippen molar-refractivity contribution in [1.29, 1.82) is 0 Å². The van der Waals surface area contributed by atoms with Crippen LogP contribution < -0.4 is 0 Å². The number of hydrogen-bond donors (Lipinski definition) is 0. The Bertz CT molecular complexity index is 495. The van der Waals surface area contributed by atoms with Gasteiger partial charge in [0.25, 0.3) is 0 Å². The summed E-state index contributed by atoms with van der Waals surface area (Å²) in [7, 11) is 0. The van der Waals surface area contributed by atoms with Crippen LogP contribution in [0, 0.1) is 20.8 Å². The Kier molecular flexibility index (Phi) is 3.63. The van der Waals surface area contributed by atoms with Gasteiger partial charge in [0.05, 0.1) is 0 Å². The van der Waals surface area contributed by atoms with E-state index in [0.717, 1.165) is 12.8 Å². The molecule has 0 heteroatoms. The molecule has 2 aromatic rings. The van der Waals surface area contributed by atoms with Crippen molar-refractivity contribution in [3.05, 3.63) is 70.3 Å². The largest absolute Gasteiger partial charge is 0.0622 e. The first-order valence-corrected chi connectivity index (χ1v) is 6.27. The molecule has 0 aromatic heterocycles. The van der Waals surface area contributed by atoms with Crippen LogP contribution in [0.4, 0.5) is 0 Å². The minimum absolute atomic E-state index is 1.13. The second kappa shape index (κ2) is 5.18. The van der Waals surface area contributed by atoms with Gasteiger partial charge in [-0.2, -0.15) is 0 Å². The van der Waals surface area contributed by atoms with Crippen LogP contribution in [-0.2, 0) is 12.8 Å². The number of aryl methyl sites for hydroxylation is 5. The van der Waals surface area contributed by atoms with Crippen LogP contribution in [0.25, 0.3) is 0 Å². The van der Waals surface area contributed by atoms with Crippen LogP contribution in [0.15, 0.2) is 42.5 Å². The molecule has 0 aliphatic rings. The zero-order valence-corrected chi connectivity index (χ0v) is 11.0. The maximum Gasteiger partial charge on any atom is -0.0236 e. The SMILES string of the molecule is Cc1cc(C)c(CCc2ccccc2)cc1C. The molecule has 0 radical (unpaired) electrons. The number of rotatable bonds is 3. The van der Waals surface area contributed by atoms with Gasteiger partial charge in [0, 0.05) is 0 Å². The van der Waals surface area contributed by atoms with Crippen LogP contribution in [0.5, 0.6) is 0 Å². The molecule has 0 bridgehead atoms. The second-order valence-corrected chi connectivity index (χ2v) is 4.85. The fraction of sp³-hybridized carbons (Fsp3) is 0.294. The average molecular weight is 224 g/mol. The molecule has 2 rings (SSSR count). The normalized spacial score (nSPS) is 10.5. The monoisotopic (exact) mass is 224 g/mol. The molecule has 0 saturated carbocycles. The van der Waals surface area contributed by atoms with E-state index in [1.807, 2.05) is 0 Å². The van der Waals surface area contributed by atoms with Gasteiger partial charge in [-0.05, 0) is 61.4 Å². The van der Waals surface area contributed by atoms with E-state index in [-0.39, 0.29) is 0 Å². The maximum atomic E-state index is 2.34. The van der Waals surface area contributed by atoms with E-state index in [1.54, 1.807) is 0 Å². The highest BCUT2D eigenvalue weighted by molar-refractivity contribution is 5.37. The third kappa shape index (κ3) is 2.97. The zero-order valence-electron chi connectivity index (χ0n) is 11.0. The lowest BCUT2D eigenvalue weighted by Gasteiger charge is -2.09. The number of benzene rings is 2. The Balaban J connectivity index is 2.12. The van der Waals surface area contributed by atoms with Crippen molar-refractivity contribution in [2.45, 2.75) is 33.6 Å². The van der Waals surface area contributed by atoms with Gasteiger partial charge in [0.1, 0.15) is 0 Å². The van der Waals surface area contributed by atoms with Crippen molar-refractivity contribution < 1.29 is 0 Å². The first-order chi connectivity index (χ1) is 8.16. The first-order valence-electron chi connectivity index (χ1n) is 6.27. The van der Waals surface area contributed by atoms with Crippen LogP contribution in [0.2, 0.25) is 0 Å². The van der Waals surface area contributed by atoms with E-state index < -0.39 is 0 Å². The summed E-state index contributed by atoms with van der Waals surface area (Å²) >= 11 is 0. The maximum absolute atomic E-state index is 2.34. The fourth-order valence-electron chi connectivity index (χ4n) is 2.21. The molecule has 88 valence electrons. The Morgan fingerprint density at radius 1 is 0.706 bits per heavy atom. The van der Waals surface area contributed by atoms with Gasteiger partial charge in [-0.25, -0.2) is 0 Å². The predicted molar refractivity (Wildman–Crippen MR) is 74.5 cm³/mol. The molecule has 17 heavy (non-hydrogen) atoms. The van der Waals surface area contributed by atoms with E-state index in [2.05, 4.69) is 63.2 Å². The third-order valence-electron chi connectivity index (χ3n) is 3.48. The van der Waals surface area contributed by atoms with Crippen molar-refractivity contribution in [3.8, 4) is 0 Å². The number of hydrogen-bond acceptors (Lipinski definition) is 0. The summed E-state index contributed by atoms with van der Waals surface area (Å²) in [6.45, 7) is 6.59. The van der Waals surface area contributed by atoms with E-state index >= 15 is 0 Å². The zero-order chi connectivity index (χ0) is 12.3. The molecule has 0 amide bonds. The standard InChI is InChI=1S/C17H20/c1-13-11-15(3)17(12-14(13)2)10-9-16-7-5-4-6-8-16/h4-8,11-12H,9-10H2,1-3H3. The van der Waals surface area contributed by atoms with Gasteiger partial charge in [-0.3, -0.25) is 0 Å². The van der Waals surface area contributed by atoms with Crippen molar-refractivity contribution in [3.63, 3.8) is 0 Å². The first kappa shape index (κ1) is 11.9. The summed E-state index contributed by atoms with van der Waals surface area (Å²) in [5, 5.41) is 0. The Morgan fingerprint density at radius 3 is 2.06 bits per heavy atom. The Morgan fingerprint density at radius 2 is 1.35 bits per heavy atom. The highest BCUT2D eigenvalue weighted by Crippen LogP contribution is 2.17. The molecule has 0 heterocycles. The minimum atomic E-state index is 1.13. The summed E-state index contributed by atoms with van der Waals surface area (Å²) < 4.78 is 0. The van der Waals surface area contributed by atoms with E-state index in [9.17, 15) is 0 Å². The summed E-state index contributed by atoms with van der Waals surface area (Å²) in [6, 6.07) is 15.4. The van der Waals surface area contributed by atoms with Gasteiger partial charge >= 0.3 is 0 Å². The van der Waals surface area contributed by atoms with Crippen molar-refractivity contribution in [2.24, 2.45) is 0 Å². The Hall–Kier alpha value is -1.56. The molecule has 0 aliphatic carbocycles. The average Bonchev–Trinajstić information content (AvgIpc) is 2.33. The molecule has 0 N–H and O–H groups in total. The lowest BCUT2D eigenvalue weighted by Crippen LogP contribution is -1.96. The van der Waals surface area contributed by atoms with Gasteiger partial charge in [0.2, 0.25) is 0 Å². The molecule has 0 fully saturated rings. The van der Waals surface area contributed by atoms with Gasteiger partial charge in [0.15, 0.2) is 0 Å². The van der Waals surface area contributed by atoms with Crippen molar-refractivity contribution in [2.75, 3.05) is 0 Å².